The second kappa shape index (κ2) is 10.3. The van der Waals surface area contributed by atoms with Crippen molar-refractivity contribution in [2.24, 2.45) is 0 Å². The van der Waals surface area contributed by atoms with Crippen LogP contribution in [0.15, 0.2) is 60.7 Å². The summed E-state index contributed by atoms with van der Waals surface area (Å²) in [6.07, 6.45) is 1.71. The molecule has 0 bridgehead atoms. The van der Waals surface area contributed by atoms with E-state index in [1.807, 2.05) is 41.3 Å². The lowest BCUT2D eigenvalue weighted by atomic mass is 10.1. The Kier molecular flexibility index (Phi) is 7.02. The van der Waals surface area contributed by atoms with Crippen LogP contribution in [0.4, 0.5) is 5.82 Å². The first-order valence-corrected chi connectivity index (χ1v) is 13.3. The van der Waals surface area contributed by atoms with E-state index in [0.29, 0.717) is 13.1 Å². The average molecular weight is 505 g/mol. The number of piperazine rings is 1. The molecule has 0 saturated carbocycles. The Morgan fingerprint density at radius 3 is 2.29 bits per heavy atom. The van der Waals surface area contributed by atoms with Crippen molar-refractivity contribution in [3.05, 3.63) is 88.1 Å². The van der Waals surface area contributed by atoms with Crippen molar-refractivity contribution in [2.45, 2.75) is 32.1 Å². The largest absolute Gasteiger partial charge is 0.352 e. The van der Waals surface area contributed by atoms with Gasteiger partial charge in [-0.05, 0) is 37.0 Å². The minimum Gasteiger partial charge on any atom is -0.352 e. The van der Waals surface area contributed by atoms with Crippen molar-refractivity contribution in [2.75, 3.05) is 31.1 Å². The summed E-state index contributed by atoms with van der Waals surface area (Å²) in [4.78, 5) is 29.5. The van der Waals surface area contributed by atoms with Gasteiger partial charge in [-0.2, -0.15) is 0 Å². The third kappa shape index (κ3) is 5.04. The number of benzene rings is 2. The van der Waals surface area contributed by atoms with Crippen LogP contribution in [0.1, 0.15) is 32.8 Å². The lowest BCUT2D eigenvalue weighted by Crippen LogP contribution is -2.50. The first-order chi connectivity index (χ1) is 17.0. The zero-order chi connectivity index (χ0) is 24.4. The third-order valence-corrected chi connectivity index (χ3v) is 8.28. The van der Waals surface area contributed by atoms with Crippen LogP contribution in [0.25, 0.3) is 10.2 Å². The number of hydrogen-bond donors (Lipinski definition) is 0. The summed E-state index contributed by atoms with van der Waals surface area (Å²) >= 11 is 8.27. The molecule has 0 radical (unpaired) electrons. The Labute approximate surface area is 215 Å². The number of amides is 1. The number of aryl methyl sites for hydroxylation is 4. The maximum absolute atomic E-state index is 13.0. The van der Waals surface area contributed by atoms with Crippen LogP contribution in [0, 0.1) is 13.8 Å². The Morgan fingerprint density at radius 1 is 0.943 bits per heavy atom. The zero-order valence-electron chi connectivity index (χ0n) is 20.1. The number of carbonyl (C=O) groups excluding carboxylic acids is 1. The SMILES string of the molecule is Cc1sc2nc(CCc3ccccc3)nc(N3CCN(C(=O)C(Cl)c4ccccc4)CC3)c2c1C. The summed E-state index contributed by atoms with van der Waals surface area (Å²) in [5.74, 6) is 1.84. The Hall–Kier alpha value is -2.96. The number of hydrogen-bond acceptors (Lipinski definition) is 5. The first kappa shape index (κ1) is 23.8. The molecule has 5 rings (SSSR count). The number of nitrogens with zero attached hydrogens (tertiary/aromatic N) is 4. The summed E-state index contributed by atoms with van der Waals surface area (Å²) in [7, 11) is 0. The second-order valence-electron chi connectivity index (χ2n) is 9.00. The second-order valence-corrected chi connectivity index (χ2v) is 10.6. The molecule has 2 aromatic heterocycles. The predicted octanol–water partition coefficient (Wildman–Crippen LogP) is 5.72. The standard InChI is InChI=1S/C28H29ClN4OS/c1-19-20(2)35-27-24(19)26(30-23(31-27)14-13-21-9-5-3-6-10-21)32-15-17-33(18-16-32)28(34)25(29)22-11-7-4-8-12-22/h3-12,25H,13-18H2,1-2H3. The Bertz CT molecular complexity index is 1320. The molecule has 1 unspecified atom stereocenters. The van der Waals surface area contributed by atoms with Crippen LogP contribution in [0.2, 0.25) is 0 Å². The smallest absolute Gasteiger partial charge is 0.245 e. The number of halogens is 1. The molecule has 1 atom stereocenters. The summed E-state index contributed by atoms with van der Waals surface area (Å²) in [5.41, 5.74) is 3.38. The number of carbonyl (C=O) groups is 1. The molecule has 0 spiro atoms. The third-order valence-electron chi connectivity index (χ3n) is 6.74. The molecule has 35 heavy (non-hydrogen) atoms. The fourth-order valence-electron chi connectivity index (χ4n) is 4.58. The van der Waals surface area contributed by atoms with Crippen molar-refractivity contribution in [1.82, 2.24) is 14.9 Å². The van der Waals surface area contributed by atoms with Gasteiger partial charge in [-0.3, -0.25) is 4.79 Å². The van der Waals surface area contributed by atoms with Gasteiger partial charge in [0.05, 0.1) is 5.39 Å². The molecule has 3 heterocycles. The molecule has 1 aliphatic heterocycles. The van der Waals surface area contributed by atoms with Crippen LogP contribution < -0.4 is 4.90 Å². The normalized spacial score (nSPS) is 14.9. The van der Waals surface area contributed by atoms with Gasteiger partial charge in [0, 0.05) is 37.5 Å². The number of rotatable bonds is 6. The topological polar surface area (TPSA) is 49.3 Å². The summed E-state index contributed by atoms with van der Waals surface area (Å²) in [6.45, 7) is 7.01. The van der Waals surface area contributed by atoms with Crippen molar-refractivity contribution in [3.63, 3.8) is 0 Å². The van der Waals surface area contributed by atoms with Crippen molar-refractivity contribution in [3.8, 4) is 0 Å². The van der Waals surface area contributed by atoms with Gasteiger partial charge in [0.25, 0.3) is 0 Å². The molecule has 1 saturated heterocycles. The van der Waals surface area contributed by atoms with E-state index < -0.39 is 5.38 Å². The predicted molar refractivity (Wildman–Crippen MR) is 145 cm³/mol. The highest BCUT2D eigenvalue weighted by Crippen LogP contribution is 2.36. The highest BCUT2D eigenvalue weighted by atomic mass is 35.5. The monoisotopic (exact) mass is 504 g/mol. The summed E-state index contributed by atoms with van der Waals surface area (Å²) < 4.78 is 0. The van der Waals surface area contributed by atoms with Crippen molar-refractivity contribution < 1.29 is 4.79 Å². The molecule has 1 fully saturated rings. The van der Waals surface area contributed by atoms with E-state index in [9.17, 15) is 4.79 Å². The van der Waals surface area contributed by atoms with Crippen LogP contribution in [0.5, 0.6) is 0 Å². The minimum absolute atomic E-state index is 0.0311. The van der Waals surface area contributed by atoms with E-state index in [1.54, 1.807) is 11.3 Å². The Balaban J connectivity index is 1.35. The fraction of sp³-hybridized carbons (Fsp3) is 0.321. The van der Waals surface area contributed by atoms with Crippen LogP contribution in [0.3, 0.4) is 0 Å². The highest BCUT2D eigenvalue weighted by Gasteiger charge is 2.29. The lowest BCUT2D eigenvalue weighted by molar-refractivity contribution is -0.131. The number of thiophene rings is 1. The van der Waals surface area contributed by atoms with Gasteiger partial charge < -0.3 is 9.80 Å². The highest BCUT2D eigenvalue weighted by molar-refractivity contribution is 7.18. The van der Waals surface area contributed by atoms with Crippen molar-refractivity contribution >= 4 is 44.9 Å². The number of alkyl halides is 1. The first-order valence-electron chi connectivity index (χ1n) is 12.0. The molecular weight excluding hydrogens is 476 g/mol. The van der Waals surface area contributed by atoms with Crippen molar-refractivity contribution in [1.29, 1.82) is 0 Å². The molecule has 180 valence electrons. The molecule has 1 amide bonds. The van der Waals surface area contributed by atoms with Gasteiger partial charge in [-0.1, -0.05) is 60.7 Å². The van der Waals surface area contributed by atoms with E-state index in [1.165, 1.54) is 16.0 Å². The number of fused-ring (bicyclic) bond motifs is 1. The summed E-state index contributed by atoms with van der Waals surface area (Å²) in [5, 5.41) is 0.495. The lowest BCUT2D eigenvalue weighted by Gasteiger charge is -2.36. The molecule has 5 nitrogen and oxygen atoms in total. The quantitative estimate of drug-likeness (QED) is 0.315. The van der Waals surface area contributed by atoms with Gasteiger partial charge in [0.1, 0.15) is 21.8 Å². The molecule has 0 N–H and O–H groups in total. The van der Waals surface area contributed by atoms with Crippen LogP contribution >= 0.6 is 22.9 Å². The maximum atomic E-state index is 13.0. The van der Waals surface area contributed by atoms with Gasteiger partial charge in [-0.15, -0.1) is 22.9 Å². The molecule has 1 aliphatic rings. The number of aromatic nitrogens is 2. The molecule has 7 heteroatoms. The average Bonchev–Trinajstić information content (AvgIpc) is 3.20. The molecule has 4 aromatic rings. The van der Waals surface area contributed by atoms with Gasteiger partial charge in [-0.25, -0.2) is 9.97 Å². The maximum Gasteiger partial charge on any atom is 0.245 e. The van der Waals surface area contributed by atoms with E-state index >= 15 is 0 Å². The van der Waals surface area contributed by atoms with E-state index in [-0.39, 0.29) is 5.91 Å². The van der Waals surface area contributed by atoms with Gasteiger partial charge in [0.15, 0.2) is 0 Å². The van der Waals surface area contributed by atoms with Crippen LogP contribution in [-0.2, 0) is 17.6 Å². The molecule has 0 aliphatic carbocycles. The van der Waals surface area contributed by atoms with E-state index in [2.05, 4.69) is 43.0 Å². The molecular formula is C28H29ClN4OS. The number of anilines is 1. The van der Waals surface area contributed by atoms with E-state index in [4.69, 9.17) is 21.6 Å². The van der Waals surface area contributed by atoms with Gasteiger partial charge >= 0.3 is 0 Å². The van der Waals surface area contributed by atoms with Crippen LogP contribution in [-0.4, -0.2) is 47.0 Å². The molecule has 2 aromatic carbocycles. The minimum atomic E-state index is -0.653. The Morgan fingerprint density at radius 2 is 1.60 bits per heavy atom. The zero-order valence-corrected chi connectivity index (χ0v) is 21.6. The summed E-state index contributed by atoms with van der Waals surface area (Å²) in [6, 6.07) is 20.0. The fourth-order valence-corrected chi connectivity index (χ4v) is 5.90. The van der Waals surface area contributed by atoms with Gasteiger partial charge in [0.2, 0.25) is 5.91 Å². The van der Waals surface area contributed by atoms with E-state index in [0.717, 1.165) is 53.4 Å².